The standard InChI is InChI=1S/C15H24N2O/c1-4-15(16)13-5-7-14(8-6-13)17-9-11(2)18-12(3)10-17/h5-8,11-12,15H,4,9-10,16H2,1-3H3/t11-,12+,15-/m1/s1. The highest BCUT2D eigenvalue weighted by atomic mass is 16.5. The fourth-order valence-corrected chi connectivity index (χ4v) is 2.56. The number of benzene rings is 1. The zero-order valence-electron chi connectivity index (χ0n) is 11.6. The highest BCUT2D eigenvalue weighted by Gasteiger charge is 2.22. The third-order valence-electron chi connectivity index (χ3n) is 3.55. The summed E-state index contributed by atoms with van der Waals surface area (Å²) in [6.45, 7) is 8.30. The fraction of sp³-hybridized carbons (Fsp3) is 0.600. The van der Waals surface area contributed by atoms with Crippen LogP contribution >= 0.6 is 0 Å². The van der Waals surface area contributed by atoms with Crippen molar-refractivity contribution in [2.45, 2.75) is 45.4 Å². The molecule has 3 nitrogen and oxygen atoms in total. The minimum absolute atomic E-state index is 0.154. The molecule has 18 heavy (non-hydrogen) atoms. The van der Waals surface area contributed by atoms with Gasteiger partial charge in [-0.3, -0.25) is 0 Å². The minimum Gasteiger partial charge on any atom is -0.372 e. The fourth-order valence-electron chi connectivity index (χ4n) is 2.56. The van der Waals surface area contributed by atoms with Gasteiger partial charge in [-0.15, -0.1) is 0 Å². The molecule has 0 radical (unpaired) electrons. The lowest BCUT2D eigenvalue weighted by atomic mass is 10.0. The van der Waals surface area contributed by atoms with Crippen LogP contribution in [0.1, 0.15) is 38.8 Å². The number of nitrogens with two attached hydrogens (primary N) is 1. The maximum Gasteiger partial charge on any atom is 0.0726 e. The Morgan fingerprint density at radius 3 is 2.28 bits per heavy atom. The Morgan fingerprint density at radius 1 is 1.22 bits per heavy atom. The molecule has 3 heteroatoms. The predicted octanol–water partition coefficient (Wildman–Crippen LogP) is 2.71. The van der Waals surface area contributed by atoms with Gasteiger partial charge in [0.25, 0.3) is 0 Å². The third-order valence-corrected chi connectivity index (χ3v) is 3.55. The number of rotatable bonds is 3. The maximum atomic E-state index is 6.03. The summed E-state index contributed by atoms with van der Waals surface area (Å²) in [6.07, 6.45) is 1.57. The molecule has 2 rings (SSSR count). The molecule has 0 bridgehead atoms. The first-order valence-electron chi connectivity index (χ1n) is 6.86. The Bertz CT molecular complexity index is 367. The Hall–Kier alpha value is -1.06. The smallest absolute Gasteiger partial charge is 0.0726 e. The second kappa shape index (κ2) is 5.72. The van der Waals surface area contributed by atoms with Crippen molar-refractivity contribution in [3.8, 4) is 0 Å². The normalized spacial score (nSPS) is 26.1. The van der Waals surface area contributed by atoms with Crippen LogP contribution < -0.4 is 10.6 Å². The first kappa shape index (κ1) is 13.4. The second-order valence-corrected chi connectivity index (χ2v) is 5.27. The lowest BCUT2D eigenvalue weighted by Gasteiger charge is -2.37. The lowest BCUT2D eigenvalue weighted by Crippen LogP contribution is -2.45. The van der Waals surface area contributed by atoms with Crippen LogP contribution in [0.5, 0.6) is 0 Å². The summed E-state index contributed by atoms with van der Waals surface area (Å²) in [4.78, 5) is 2.39. The quantitative estimate of drug-likeness (QED) is 0.894. The van der Waals surface area contributed by atoms with Crippen molar-refractivity contribution >= 4 is 5.69 Å². The van der Waals surface area contributed by atoms with E-state index in [1.54, 1.807) is 0 Å². The molecule has 1 aliphatic heterocycles. The minimum atomic E-state index is 0.154. The van der Waals surface area contributed by atoms with E-state index in [0.29, 0.717) is 12.2 Å². The van der Waals surface area contributed by atoms with Crippen LogP contribution in [0.25, 0.3) is 0 Å². The molecule has 1 aliphatic rings. The Balaban J connectivity index is 2.09. The predicted molar refractivity (Wildman–Crippen MR) is 75.9 cm³/mol. The van der Waals surface area contributed by atoms with Gasteiger partial charge in [0.15, 0.2) is 0 Å². The zero-order valence-corrected chi connectivity index (χ0v) is 11.6. The maximum absolute atomic E-state index is 6.03. The molecule has 1 heterocycles. The number of morpholine rings is 1. The highest BCUT2D eigenvalue weighted by molar-refractivity contribution is 5.48. The molecule has 0 spiro atoms. The molecule has 2 N–H and O–H groups in total. The second-order valence-electron chi connectivity index (χ2n) is 5.27. The SMILES string of the molecule is CC[C@@H](N)c1ccc(N2C[C@@H](C)O[C@@H](C)C2)cc1. The molecule has 100 valence electrons. The molecule has 0 saturated carbocycles. The molecule has 1 fully saturated rings. The number of hydrogen-bond acceptors (Lipinski definition) is 3. The van der Waals surface area contributed by atoms with Gasteiger partial charge >= 0.3 is 0 Å². The molecule has 0 amide bonds. The van der Waals surface area contributed by atoms with Crippen molar-refractivity contribution in [3.05, 3.63) is 29.8 Å². The van der Waals surface area contributed by atoms with E-state index in [0.717, 1.165) is 19.5 Å². The van der Waals surface area contributed by atoms with Crippen molar-refractivity contribution in [2.24, 2.45) is 5.73 Å². The van der Waals surface area contributed by atoms with E-state index in [2.05, 4.69) is 49.9 Å². The van der Waals surface area contributed by atoms with Gasteiger partial charge in [-0.2, -0.15) is 0 Å². The van der Waals surface area contributed by atoms with Crippen molar-refractivity contribution < 1.29 is 4.74 Å². The summed E-state index contributed by atoms with van der Waals surface area (Å²) >= 11 is 0. The monoisotopic (exact) mass is 248 g/mol. The van der Waals surface area contributed by atoms with Gasteiger partial charge in [0, 0.05) is 24.8 Å². The molecule has 0 unspecified atom stereocenters. The van der Waals surface area contributed by atoms with Crippen molar-refractivity contribution in [1.29, 1.82) is 0 Å². The number of anilines is 1. The summed E-state index contributed by atoms with van der Waals surface area (Å²) in [5, 5.41) is 0. The number of ether oxygens (including phenoxy) is 1. The van der Waals surface area contributed by atoms with Gasteiger partial charge in [0.05, 0.1) is 12.2 Å². The van der Waals surface area contributed by atoms with Crippen LogP contribution in [0.3, 0.4) is 0 Å². The van der Waals surface area contributed by atoms with Gasteiger partial charge < -0.3 is 15.4 Å². The molecule has 1 saturated heterocycles. The number of hydrogen-bond donors (Lipinski definition) is 1. The van der Waals surface area contributed by atoms with E-state index >= 15 is 0 Å². The van der Waals surface area contributed by atoms with E-state index in [1.807, 2.05) is 0 Å². The van der Waals surface area contributed by atoms with Crippen LogP contribution in [0, 0.1) is 0 Å². The summed E-state index contributed by atoms with van der Waals surface area (Å²) in [5.74, 6) is 0. The number of nitrogens with zero attached hydrogens (tertiary/aromatic N) is 1. The van der Waals surface area contributed by atoms with Crippen LogP contribution in [-0.4, -0.2) is 25.3 Å². The van der Waals surface area contributed by atoms with Gasteiger partial charge in [-0.05, 0) is 38.0 Å². The molecular weight excluding hydrogens is 224 g/mol. The van der Waals surface area contributed by atoms with Gasteiger partial charge in [-0.25, -0.2) is 0 Å². The van der Waals surface area contributed by atoms with E-state index in [4.69, 9.17) is 10.5 Å². The molecule has 0 aliphatic carbocycles. The Kier molecular flexibility index (Phi) is 4.25. The van der Waals surface area contributed by atoms with Gasteiger partial charge in [-0.1, -0.05) is 19.1 Å². The molecule has 1 aromatic rings. The largest absolute Gasteiger partial charge is 0.372 e. The van der Waals surface area contributed by atoms with E-state index in [-0.39, 0.29) is 6.04 Å². The van der Waals surface area contributed by atoms with Gasteiger partial charge in [0.1, 0.15) is 0 Å². The summed E-state index contributed by atoms with van der Waals surface area (Å²) in [5.41, 5.74) is 8.52. The average Bonchev–Trinajstić information content (AvgIpc) is 2.37. The summed E-state index contributed by atoms with van der Waals surface area (Å²) < 4.78 is 5.76. The van der Waals surface area contributed by atoms with Crippen LogP contribution in [0.15, 0.2) is 24.3 Å². The average molecular weight is 248 g/mol. The third kappa shape index (κ3) is 3.03. The van der Waals surface area contributed by atoms with E-state index in [1.165, 1.54) is 11.3 Å². The molecule has 1 aromatic carbocycles. The van der Waals surface area contributed by atoms with Crippen LogP contribution in [0.2, 0.25) is 0 Å². The topological polar surface area (TPSA) is 38.5 Å². The van der Waals surface area contributed by atoms with E-state index < -0.39 is 0 Å². The lowest BCUT2D eigenvalue weighted by molar-refractivity contribution is -0.00521. The van der Waals surface area contributed by atoms with Crippen LogP contribution in [0.4, 0.5) is 5.69 Å². The molecule has 3 atom stereocenters. The first-order chi connectivity index (χ1) is 8.60. The Morgan fingerprint density at radius 2 is 1.78 bits per heavy atom. The van der Waals surface area contributed by atoms with Gasteiger partial charge in [0.2, 0.25) is 0 Å². The van der Waals surface area contributed by atoms with E-state index in [9.17, 15) is 0 Å². The summed E-state index contributed by atoms with van der Waals surface area (Å²) in [6, 6.07) is 8.80. The molecular formula is C15H24N2O. The van der Waals surface area contributed by atoms with Crippen molar-refractivity contribution in [3.63, 3.8) is 0 Å². The highest BCUT2D eigenvalue weighted by Crippen LogP contribution is 2.23. The van der Waals surface area contributed by atoms with Crippen molar-refractivity contribution in [1.82, 2.24) is 0 Å². The Labute approximate surface area is 110 Å². The first-order valence-corrected chi connectivity index (χ1v) is 6.86. The zero-order chi connectivity index (χ0) is 13.1. The van der Waals surface area contributed by atoms with Crippen molar-refractivity contribution in [2.75, 3.05) is 18.0 Å². The summed E-state index contributed by atoms with van der Waals surface area (Å²) in [7, 11) is 0. The van der Waals surface area contributed by atoms with Crippen LogP contribution in [-0.2, 0) is 4.74 Å². The molecule has 0 aromatic heterocycles.